The van der Waals surface area contributed by atoms with Crippen LogP contribution in [0.2, 0.25) is 0 Å². The topological polar surface area (TPSA) is 63.6 Å². The fraction of sp³-hybridized carbons (Fsp3) is 1.00. The third kappa shape index (κ3) is 14.4. The molecular weight excluding hydrogens is 284 g/mol. The van der Waals surface area contributed by atoms with Crippen molar-refractivity contribution in [3.8, 4) is 0 Å². The molecule has 0 bridgehead atoms. The molecule has 0 aromatic carbocycles. The highest BCUT2D eigenvalue weighted by Gasteiger charge is 2.25. The SMILES string of the molecule is CCCCCCCCCCC[S+](CC)OS(=O)(=O)O. The summed E-state index contributed by atoms with van der Waals surface area (Å²) in [4.78, 5) is 0. The van der Waals surface area contributed by atoms with Crippen LogP contribution < -0.4 is 0 Å². The van der Waals surface area contributed by atoms with Crippen molar-refractivity contribution < 1.29 is 16.6 Å². The molecule has 1 unspecified atom stereocenters. The van der Waals surface area contributed by atoms with Gasteiger partial charge in [0.1, 0.15) is 11.5 Å². The van der Waals surface area contributed by atoms with E-state index in [4.69, 9.17) is 4.55 Å². The molecule has 0 aliphatic carbocycles. The minimum absolute atomic E-state index is 0.636. The number of hydrogen-bond acceptors (Lipinski definition) is 3. The second-order valence-electron chi connectivity index (χ2n) is 4.76. The van der Waals surface area contributed by atoms with Crippen molar-refractivity contribution in [1.82, 2.24) is 0 Å². The first-order valence-corrected chi connectivity index (χ1v) is 10.2. The summed E-state index contributed by atoms with van der Waals surface area (Å²) in [5, 5.41) is 0. The van der Waals surface area contributed by atoms with E-state index in [1.807, 2.05) is 6.92 Å². The van der Waals surface area contributed by atoms with Gasteiger partial charge in [-0.3, -0.25) is 4.55 Å². The lowest BCUT2D eigenvalue weighted by atomic mass is 10.1. The molecule has 0 heterocycles. The molecule has 0 aliphatic rings. The molecule has 0 fully saturated rings. The standard InChI is InChI=1S/C13H28O4S2/c1-3-5-6-7-8-9-10-11-12-13-18(4-2)17-19(14,15)16/h3-13H2,1-2H3/p+1. The summed E-state index contributed by atoms with van der Waals surface area (Å²) in [7, 11) is -4.28. The van der Waals surface area contributed by atoms with Crippen molar-refractivity contribution in [1.29, 1.82) is 0 Å². The first-order chi connectivity index (χ1) is 8.99. The molecule has 0 aromatic heterocycles. The van der Waals surface area contributed by atoms with Crippen molar-refractivity contribution in [2.24, 2.45) is 0 Å². The Morgan fingerprint density at radius 2 is 1.37 bits per heavy atom. The van der Waals surface area contributed by atoms with Crippen LogP contribution in [-0.4, -0.2) is 24.5 Å². The summed E-state index contributed by atoms with van der Waals surface area (Å²) in [6.07, 6.45) is 11.2. The van der Waals surface area contributed by atoms with Gasteiger partial charge >= 0.3 is 10.4 Å². The van der Waals surface area contributed by atoms with Gasteiger partial charge in [-0.1, -0.05) is 51.9 Å². The molecule has 0 rings (SSSR count). The molecule has 0 aliphatic heterocycles. The Balaban J connectivity index is 3.41. The maximum atomic E-state index is 10.6. The van der Waals surface area contributed by atoms with E-state index in [-0.39, 0.29) is 0 Å². The predicted molar refractivity (Wildman–Crippen MR) is 82.6 cm³/mol. The molecule has 0 spiro atoms. The van der Waals surface area contributed by atoms with E-state index in [0.29, 0.717) is 5.75 Å². The molecule has 0 saturated carbocycles. The van der Waals surface area contributed by atoms with Gasteiger partial charge in [0.25, 0.3) is 0 Å². The van der Waals surface area contributed by atoms with Crippen molar-refractivity contribution in [3.63, 3.8) is 0 Å². The van der Waals surface area contributed by atoms with Crippen LogP contribution >= 0.6 is 0 Å². The predicted octanol–water partition coefficient (Wildman–Crippen LogP) is 3.89. The van der Waals surface area contributed by atoms with Gasteiger partial charge in [0.15, 0.2) is 11.2 Å². The quantitative estimate of drug-likeness (QED) is 0.318. The third-order valence-electron chi connectivity index (χ3n) is 2.98. The molecule has 0 radical (unpaired) electrons. The third-order valence-corrected chi connectivity index (χ3v) is 5.83. The van der Waals surface area contributed by atoms with Crippen LogP contribution in [-0.2, 0) is 25.2 Å². The van der Waals surface area contributed by atoms with Crippen molar-refractivity contribution in [2.75, 3.05) is 11.5 Å². The second-order valence-corrected chi connectivity index (χ2v) is 8.02. The molecule has 6 heteroatoms. The highest BCUT2D eigenvalue weighted by molar-refractivity contribution is 8.00. The van der Waals surface area contributed by atoms with Gasteiger partial charge in [-0.25, -0.2) is 0 Å². The first-order valence-electron chi connectivity index (χ1n) is 7.34. The summed E-state index contributed by atoms with van der Waals surface area (Å²) < 4.78 is 34.4. The minimum Gasteiger partial charge on any atom is -0.261 e. The zero-order chi connectivity index (χ0) is 14.6. The first kappa shape index (κ1) is 19.2. The molecular formula is C13H29O4S2+. The van der Waals surface area contributed by atoms with Crippen LogP contribution in [0.25, 0.3) is 0 Å². The van der Waals surface area contributed by atoms with E-state index in [1.54, 1.807) is 0 Å². The Bertz CT molecular complexity index is 291. The van der Waals surface area contributed by atoms with Gasteiger partial charge in [-0.2, -0.15) is 8.42 Å². The second kappa shape index (κ2) is 12.0. The lowest BCUT2D eigenvalue weighted by Crippen LogP contribution is -2.18. The molecule has 1 atom stereocenters. The minimum atomic E-state index is -4.28. The van der Waals surface area contributed by atoms with Crippen LogP contribution in [0.3, 0.4) is 0 Å². The smallest absolute Gasteiger partial charge is 0.261 e. The fourth-order valence-electron chi connectivity index (χ4n) is 1.92. The Morgan fingerprint density at radius 1 is 0.895 bits per heavy atom. The van der Waals surface area contributed by atoms with Crippen LogP contribution in [0, 0.1) is 0 Å². The van der Waals surface area contributed by atoms with Gasteiger partial charge in [-0.05, 0) is 23.4 Å². The Morgan fingerprint density at radius 3 is 1.79 bits per heavy atom. The maximum Gasteiger partial charge on any atom is 0.439 e. The molecule has 1 N–H and O–H groups in total. The summed E-state index contributed by atoms with van der Waals surface area (Å²) in [6, 6.07) is 0. The molecule has 116 valence electrons. The van der Waals surface area contributed by atoms with Crippen LogP contribution in [0.5, 0.6) is 0 Å². The van der Waals surface area contributed by atoms with E-state index < -0.39 is 21.6 Å². The van der Waals surface area contributed by atoms with Crippen LogP contribution in [0.15, 0.2) is 0 Å². The van der Waals surface area contributed by atoms with Crippen LogP contribution in [0.4, 0.5) is 0 Å². The largest absolute Gasteiger partial charge is 0.439 e. The van der Waals surface area contributed by atoms with E-state index in [9.17, 15) is 8.42 Å². The molecule has 0 amide bonds. The lowest BCUT2D eigenvalue weighted by molar-refractivity contribution is 0.403. The highest BCUT2D eigenvalue weighted by Crippen LogP contribution is 2.12. The number of unbranched alkanes of at least 4 members (excludes halogenated alkanes) is 8. The molecule has 4 nitrogen and oxygen atoms in total. The normalized spacial score (nSPS) is 13.6. The van der Waals surface area contributed by atoms with Gasteiger partial charge in [0, 0.05) is 0 Å². The van der Waals surface area contributed by atoms with Crippen molar-refractivity contribution >= 4 is 21.6 Å². The van der Waals surface area contributed by atoms with Crippen molar-refractivity contribution in [2.45, 2.75) is 71.6 Å². The van der Waals surface area contributed by atoms with Gasteiger partial charge in [0.05, 0.1) is 0 Å². The molecule has 19 heavy (non-hydrogen) atoms. The molecule has 0 aromatic rings. The Hall–Kier alpha value is 0.220. The fourth-order valence-corrected chi connectivity index (χ4v) is 4.37. The van der Waals surface area contributed by atoms with E-state index in [1.165, 1.54) is 44.9 Å². The van der Waals surface area contributed by atoms with E-state index in [0.717, 1.165) is 18.6 Å². The Kier molecular flexibility index (Phi) is 12.1. The summed E-state index contributed by atoms with van der Waals surface area (Å²) >= 11 is -0.650. The average Bonchev–Trinajstić information content (AvgIpc) is 2.34. The highest BCUT2D eigenvalue weighted by atomic mass is 32.3. The number of hydrogen-bond donors (Lipinski definition) is 1. The summed E-state index contributed by atoms with van der Waals surface area (Å²) in [5.74, 6) is 1.36. The van der Waals surface area contributed by atoms with Gasteiger partial charge < -0.3 is 0 Å². The zero-order valence-corrected chi connectivity index (χ0v) is 13.9. The monoisotopic (exact) mass is 313 g/mol. The van der Waals surface area contributed by atoms with Gasteiger partial charge in [0.2, 0.25) is 0 Å². The average molecular weight is 314 g/mol. The Labute approximate surface area is 121 Å². The van der Waals surface area contributed by atoms with E-state index >= 15 is 0 Å². The molecule has 0 saturated heterocycles. The summed E-state index contributed by atoms with van der Waals surface area (Å²) in [6.45, 7) is 4.10. The van der Waals surface area contributed by atoms with Gasteiger partial charge in [-0.15, -0.1) is 0 Å². The maximum absolute atomic E-state index is 10.6. The van der Waals surface area contributed by atoms with Crippen molar-refractivity contribution in [3.05, 3.63) is 0 Å². The summed E-state index contributed by atoms with van der Waals surface area (Å²) in [5.41, 5.74) is 0. The number of rotatable bonds is 13. The zero-order valence-electron chi connectivity index (χ0n) is 12.3. The van der Waals surface area contributed by atoms with Crippen LogP contribution in [0.1, 0.15) is 71.6 Å². The van der Waals surface area contributed by atoms with E-state index in [2.05, 4.69) is 10.6 Å². The lowest BCUT2D eigenvalue weighted by Gasteiger charge is -2.03.